The van der Waals surface area contributed by atoms with Crippen LogP contribution in [0.5, 0.6) is 0 Å². The second-order valence-corrected chi connectivity index (χ2v) is 4.38. The number of aliphatic hydroxyl groups is 1. The van der Waals surface area contributed by atoms with E-state index >= 15 is 0 Å². The number of Topliss-reactive ketones (excluding diaryl/α,β-unsaturated/α-hetero) is 1. The minimum absolute atomic E-state index is 0.0275. The molecule has 0 bridgehead atoms. The summed E-state index contributed by atoms with van der Waals surface area (Å²) in [6.07, 6.45) is 1.91. The molecule has 78 valence electrons. The molecule has 1 heterocycles. The normalized spacial score (nSPS) is 12.7. The van der Waals surface area contributed by atoms with Crippen LogP contribution in [0.4, 0.5) is 0 Å². The minimum atomic E-state index is -0.750. The summed E-state index contributed by atoms with van der Waals surface area (Å²) < 4.78 is 0. The highest BCUT2D eigenvalue weighted by atomic mass is 32.1. The summed E-state index contributed by atoms with van der Waals surface area (Å²) in [5.74, 6) is -0.0275. The zero-order valence-corrected chi connectivity index (χ0v) is 9.22. The van der Waals surface area contributed by atoms with Crippen LogP contribution in [0.2, 0.25) is 0 Å². The largest absolute Gasteiger partial charge is 0.385 e. The molecule has 1 aromatic rings. The van der Waals surface area contributed by atoms with Crippen LogP contribution in [-0.2, 0) is 11.2 Å². The molecule has 1 aromatic heterocycles. The van der Waals surface area contributed by atoms with Gasteiger partial charge in [0.05, 0.1) is 0 Å². The van der Waals surface area contributed by atoms with Gasteiger partial charge in [0.2, 0.25) is 0 Å². The number of aliphatic hydroxyl groups excluding tert-OH is 1. The van der Waals surface area contributed by atoms with Gasteiger partial charge in [-0.1, -0.05) is 19.4 Å². The van der Waals surface area contributed by atoms with Gasteiger partial charge in [0.25, 0.3) is 0 Å². The average Bonchev–Trinajstić information content (AvgIpc) is 2.67. The lowest BCUT2D eigenvalue weighted by atomic mass is 10.1. The van der Waals surface area contributed by atoms with Crippen LogP contribution in [0, 0.1) is 0 Å². The monoisotopic (exact) mass is 212 g/mol. The van der Waals surface area contributed by atoms with Crippen LogP contribution in [0.25, 0.3) is 0 Å². The lowest BCUT2D eigenvalue weighted by Crippen LogP contribution is -2.20. The molecule has 2 nitrogen and oxygen atoms in total. The van der Waals surface area contributed by atoms with Gasteiger partial charge in [0.1, 0.15) is 6.10 Å². The van der Waals surface area contributed by atoms with E-state index in [2.05, 4.69) is 0 Å². The van der Waals surface area contributed by atoms with Crippen LogP contribution >= 0.6 is 11.3 Å². The standard InChI is InChI=1S/C11H16O2S/c1-2-4-10(12)11(13)7-6-9-5-3-8-14-9/h3,5,8,10,12H,2,4,6-7H2,1H3. The Bertz CT molecular complexity index is 267. The molecule has 0 saturated heterocycles. The molecule has 0 radical (unpaired) electrons. The smallest absolute Gasteiger partial charge is 0.161 e. The summed E-state index contributed by atoms with van der Waals surface area (Å²) >= 11 is 1.66. The Labute approximate surface area is 88.6 Å². The van der Waals surface area contributed by atoms with Crippen molar-refractivity contribution >= 4 is 17.1 Å². The van der Waals surface area contributed by atoms with E-state index in [0.29, 0.717) is 12.8 Å². The van der Waals surface area contributed by atoms with Gasteiger partial charge in [0.15, 0.2) is 5.78 Å². The van der Waals surface area contributed by atoms with Gasteiger partial charge in [-0.3, -0.25) is 4.79 Å². The van der Waals surface area contributed by atoms with Crippen LogP contribution in [0.15, 0.2) is 17.5 Å². The first-order chi connectivity index (χ1) is 6.74. The van der Waals surface area contributed by atoms with Gasteiger partial charge in [-0.05, 0) is 24.3 Å². The van der Waals surface area contributed by atoms with Crippen LogP contribution < -0.4 is 0 Å². The number of ketones is 1. The third kappa shape index (κ3) is 3.60. The number of hydrogen-bond donors (Lipinski definition) is 1. The third-order valence-electron chi connectivity index (χ3n) is 2.13. The van der Waals surface area contributed by atoms with Crippen LogP contribution in [-0.4, -0.2) is 17.0 Å². The molecule has 0 fully saturated rings. The second kappa shape index (κ2) is 5.94. The zero-order valence-electron chi connectivity index (χ0n) is 8.40. The predicted molar refractivity (Wildman–Crippen MR) is 58.6 cm³/mol. The van der Waals surface area contributed by atoms with Crippen molar-refractivity contribution in [3.63, 3.8) is 0 Å². The topological polar surface area (TPSA) is 37.3 Å². The molecule has 0 aromatic carbocycles. The van der Waals surface area contributed by atoms with E-state index in [0.717, 1.165) is 12.8 Å². The maximum Gasteiger partial charge on any atom is 0.161 e. The number of thiophene rings is 1. The first-order valence-electron chi connectivity index (χ1n) is 4.97. The summed E-state index contributed by atoms with van der Waals surface area (Å²) in [5.41, 5.74) is 0. The number of hydrogen-bond acceptors (Lipinski definition) is 3. The Kier molecular flexibility index (Phi) is 4.84. The number of aryl methyl sites for hydroxylation is 1. The molecule has 1 N–H and O–H groups in total. The summed E-state index contributed by atoms with van der Waals surface area (Å²) in [7, 11) is 0. The van der Waals surface area contributed by atoms with E-state index in [-0.39, 0.29) is 5.78 Å². The Morgan fingerprint density at radius 3 is 3.00 bits per heavy atom. The van der Waals surface area contributed by atoms with Gasteiger partial charge in [-0.15, -0.1) is 11.3 Å². The van der Waals surface area contributed by atoms with Crippen molar-refractivity contribution in [2.75, 3.05) is 0 Å². The molecular formula is C11H16O2S. The number of carbonyl (C=O) groups excluding carboxylic acids is 1. The van der Waals surface area contributed by atoms with Crippen molar-refractivity contribution in [1.82, 2.24) is 0 Å². The quantitative estimate of drug-likeness (QED) is 0.786. The Balaban J connectivity index is 2.27. The lowest BCUT2D eigenvalue weighted by molar-refractivity contribution is -0.127. The van der Waals surface area contributed by atoms with Gasteiger partial charge in [0, 0.05) is 11.3 Å². The average molecular weight is 212 g/mol. The number of rotatable bonds is 6. The summed E-state index contributed by atoms with van der Waals surface area (Å²) in [5, 5.41) is 11.4. The van der Waals surface area contributed by atoms with Crippen molar-refractivity contribution in [2.45, 2.75) is 38.7 Å². The highest BCUT2D eigenvalue weighted by Crippen LogP contribution is 2.12. The first kappa shape index (κ1) is 11.4. The van der Waals surface area contributed by atoms with Crippen molar-refractivity contribution in [3.8, 4) is 0 Å². The highest BCUT2D eigenvalue weighted by Gasteiger charge is 2.13. The van der Waals surface area contributed by atoms with E-state index in [1.165, 1.54) is 4.88 Å². The van der Waals surface area contributed by atoms with Crippen LogP contribution in [0.1, 0.15) is 31.1 Å². The molecule has 0 aliphatic rings. The van der Waals surface area contributed by atoms with E-state index in [1.54, 1.807) is 11.3 Å². The van der Waals surface area contributed by atoms with Crippen molar-refractivity contribution in [3.05, 3.63) is 22.4 Å². The van der Waals surface area contributed by atoms with Gasteiger partial charge in [-0.2, -0.15) is 0 Å². The van der Waals surface area contributed by atoms with E-state index in [9.17, 15) is 9.90 Å². The molecule has 1 unspecified atom stereocenters. The Morgan fingerprint density at radius 2 is 2.43 bits per heavy atom. The molecule has 0 aliphatic carbocycles. The molecule has 0 amide bonds. The molecule has 0 saturated carbocycles. The first-order valence-corrected chi connectivity index (χ1v) is 5.85. The fraction of sp³-hybridized carbons (Fsp3) is 0.545. The fourth-order valence-electron chi connectivity index (χ4n) is 1.30. The van der Waals surface area contributed by atoms with Crippen LogP contribution in [0.3, 0.4) is 0 Å². The molecule has 0 spiro atoms. The van der Waals surface area contributed by atoms with E-state index in [4.69, 9.17) is 0 Å². The van der Waals surface area contributed by atoms with Crippen molar-refractivity contribution < 1.29 is 9.90 Å². The summed E-state index contributed by atoms with van der Waals surface area (Å²) in [6.45, 7) is 1.97. The highest BCUT2D eigenvalue weighted by molar-refractivity contribution is 7.09. The maximum atomic E-state index is 11.4. The molecular weight excluding hydrogens is 196 g/mol. The van der Waals surface area contributed by atoms with Gasteiger partial charge < -0.3 is 5.11 Å². The zero-order chi connectivity index (χ0) is 10.4. The SMILES string of the molecule is CCCC(O)C(=O)CCc1cccs1. The van der Waals surface area contributed by atoms with E-state index in [1.807, 2.05) is 24.4 Å². The molecule has 1 atom stereocenters. The summed E-state index contributed by atoms with van der Waals surface area (Å²) in [4.78, 5) is 12.6. The van der Waals surface area contributed by atoms with E-state index < -0.39 is 6.10 Å². The lowest BCUT2D eigenvalue weighted by Gasteiger charge is -2.06. The third-order valence-corrected chi connectivity index (χ3v) is 3.07. The molecule has 14 heavy (non-hydrogen) atoms. The predicted octanol–water partition coefficient (Wildman–Crippen LogP) is 2.41. The fourth-order valence-corrected chi connectivity index (χ4v) is 2.01. The molecule has 1 rings (SSSR count). The maximum absolute atomic E-state index is 11.4. The molecule has 0 aliphatic heterocycles. The van der Waals surface area contributed by atoms with Crippen molar-refractivity contribution in [1.29, 1.82) is 0 Å². The summed E-state index contributed by atoms with van der Waals surface area (Å²) in [6, 6.07) is 4.00. The van der Waals surface area contributed by atoms with Gasteiger partial charge in [-0.25, -0.2) is 0 Å². The van der Waals surface area contributed by atoms with Crippen molar-refractivity contribution in [2.24, 2.45) is 0 Å². The minimum Gasteiger partial charge on any atom is -0.385 e. The molecule has 3 heteroatoms. The Morgan fingerprint density at radius 1 is 1.64 bits per heavy atom. The number of carbonyl (C=O) groups is 1. The Hall–Kier alpha value is -0.670. The van der Waals surface area contributed by atoms with Gasteiger partial charge >= 0.3 is 0 Å². The second-order valence-electron chi connectivity index (χ2n) is 3.35.